The molecule has 2 N–H and O–H groups in total. The van der Waals surface area contributed by atoms with E-state index in [4.69, 9.17) is 9.52 Å². The molecule has 4 nitrogen and oxygen atoms in total. The van der Waals surface area contributed by atoms with Crippen molar-refractivity contribution in [1.82, 2.24) is 4.90 Å². The molecule has 0 amide bonds. The summed E-state index contributed by atoms with van der Waals surface area (Å²) < 4.78 is 44.2. The van der Waals surface area contributed by atoms with Crippen LogP contribution in [0.4, 0.5) is 13.2 Å². The Morgan fingerprint density at radius 2 is 1.92 bits per heavy atom. The zero-order chi connectivity index (χ0) is 17.3. The Balaban J connectivity index is 1.82. The summed E-state index contributed by atoms with van der Waals surface area (Å²) in [5.41, 5.74) is -0.169. The van der Waals surface area contributed by atoms with Crippen LogP contribution in [0.1, 0.15) is 35.1 Å². The van der Waals surface area contributed by atoms with Gasteiger partial charge in [-0.15, -0.1) is 0 Å². The highest BCUT2D eigenvalue weighted by Gasteiger charge is 2.35. The maximum atomic E-state index is 12.9. The first-order valence-corrected chi connectivity index (χ1v) is 7.64. The maximum Gasteiger partial charge on any atom is 0.416 e. The zero-order valence-electron chi connectivity index (χ0n) is 12.8. The Hall–Kier alpha value is -1.83. The molecule has 3 rings (SSSR count). The summed E-state index contributed by atoms with van der Waals surface area (Å²) in [7, 11) is 0. The van der Waals surface area contributed by atoms with Gasteiger partial charge >= 0.3 is 6.18 Å². The van der Waals surface area contributed by atoms with E-state index in [1.807, 2.05) is 4.90 Å². The van der Waals surface area contributed by atoms with E-state index in [2.05, 4.69) is 0 Å². The highest BCUT2D eigenvalue weighted by Crippen LogP contribution is 2.37. The van der Waals surface area contributed by atoms with Crippen molar-refractivity contribution in [2.75, 3.05) is 6.54 Å². The normalized spacial score (nSPS) is 22.2. The minimum Gasteiger partial charge on any atom is -0.462 e. The minimum atomic E-state index is -4.39. The average Bonchev–Trinajstić information content (AvgIpc) is 3.13. The lowest BCUT2D eigenvalue weighted by molar-refractivity contribution is -0.137. The van der Waals surface area contributed by atoms with Crippen LogP contribution < -0.4 is 0 Å². The van der Waals surface area contributed by atoms with Gasteiger partial charge in [0, 0.05) is 12.6 Å². The maximum absolute atomic E-state index is 12.9. The van der Waals surface area contributed by atoms with E-state index in [0.29, 0.717) is 36.6 Å². The van der Waals surface area contributed by atoms with Crippen LogP contribution in [0.5, 0.6) is 0 Å². The van der Waals surface area contributed by atoms with Gasteiger partial charge in [0.15, 0.2) is 0 Å². The van der Waals surface area contributed by atoms with Crippen molar-refractivity contribution in [2.24, 2.45) is 0 Å². The predicted molar refractivity (Wildman–Crippen MR) is 79.8 cm³/mol. The van der Waals surface area contributed by atoms with Crippen molar-refractivity contribution in [3.8, 4) is 0 Å². The van der Waals surface area contributed by atoms with Crippen LogP contribution in [0.3, 0.4) is 0 Å². The molecule has 2 unspecified atom stereocenters. The van der Waals surface area contributed by atoms with Crippen molar-refractivity contribution in [2.45, 2.75) is 37.9 Å². The summed E-state index contributed by atoms with van der Waals surface area (Å²) in [5.74, 6) is 1.03. The molecular formula is C17H18F3NO3. The zero-order valence-corrected chi connectivity index (χ0v) is 12.8. The number of alkyl halides is 3. The van der Waals surface area contributed by atoms with E-state index < -0.39 is 17.8 Å². The van der Waals surface area contributed by atoms with Gasteiger partial charge in [-0.25, -0.2) is 0 Å². The fourth-order valence-electron chi connectivity index (χ4n) is 3.12. The molecule has 1 aromatic carbocycles. The van der Waals surface area contributed by atoms with Gasteiger partial charge in [-0.2, -0.15) is 13.2 Å². The lowest BCUT2D eigenvalue weighted by atomic mass is 10.0. The highest BCUT2D eigenvalue weighted by molar-refractivity contribution is 5.29. The highest BCUT2D eigenvalue weighted by atomic mass is 19.4. The quantitative estimate of drug-likeness (QED) is 0.897. The lowest BCUT2D eigenvalue weighted by Crippen LogP contribution is -2.24. The molecule has 130 valence electrons. The van der Waals surface area contributed by atoms with Crippen LogP contribution in [0, 0.1) is 0 Å². The summed E-state index contributed by atoms with van der Waals surface area (Å²) in [4.78, 5) is 1.89. The third-order valence-corrected chi connectivity index (χ3v) is 4.21. The Bertz CT molecular complexity index is 698. The smallest absolute Gasteiger partial charge is 0.416 e. The van der Waals surface area contributed by atoms with Gasteiger partial charge in [0.2, 0.25) is 0 Å². The monoisotopic (exact) mass is 341 g/mol. The first-order chi connectivity index (χ1) is 11.4. The van der Waals surface area contributed by atoms with Crippen LogP contribution in [-0.2, 0) is 19.3 Å². The van der Waals surface area contributed by atoms with Gasteiger partial charge in [0.05, 0.1) is 18.2 Å². The van der Waals surface area contributed by atoms with Crippen molar-refractivity contribution < 1.29 is 27.8 Å². The number of hydrogen-bond acceptors (Lipinski definition) is 4. The first kappa shape index (κ1) is 17.0. The largest absolute Gasteiger partial charge is 0.462 e. The second-order valence-electron chi connectivity index (χ2n) is 5.98. The van der Waals surface area contributed by atoms with Gasteiger partial charge in [-0.05, 0) is 36.2 Å². The van der Waals surface area contributed by atoms with Crippen molar-refractivity contribution in [3.05, 3.63) is 59.0 Å². The van der Waals surface area contributed by atoms with Gasteiger partial charge in [0.25, 0.3) is 0 Å². The molecule has 2 heterocycles. The molecule has 1 saturated heterocycles. The summed E-state index contributed by atoms with van der Waals surface area (Å²) in [6, 6.07) is 8.27. The Kier molecular flexibility index (Phi) is 4.67. The van der Waals surface area contributed by atoms with E-state index in [0.717, 1.165) is 12.1 Å². The van der Waals surface area contributed by atoms with Gasteiger partial charge in [-0.1, -0.05) is 12.1 Å². The summed E-state index contributed by atoms with van der Waals surface area (Å²) in [6.07, 6.45) is -4.62. The lowest BCUT2D eigenvalue weighted by Gasteiger charge is -2.24. The number of rotatable bonds is 4. The number of furan rings is 1. The molecule has 1 fully saturated rings. The number of β-amino-alcohol motifs (C(OH)–C–C–N with tert-alkyl or cyclic N) is 1. The molecule has 1 aromatic heterocycles. The molecule has 24 heavy (non-hydrogen) atoms. The second-order valence-corrected chi connectivity index (χ2v) is 5.98. The standard InChI is InChI=1S/C17H18F3NO3/c18-17(19,20)12-3-1-2-11(6-12)16-7-13(23)8-21(16)9-14-4-5-15(10-22)24-14/h1-6,13,16,22-23H,7-10H2. The predicted octanol–water partition coefficient (Wildman–Crippen LogP) is 3.10. The Morgan fingerprint density at radius 1 is 1.17 bits per heavy atom. The number of hydrogen-bond donors (Lipinski definition) is 2. The molecule has 2 atom stereocenters. The molecule has 7 heteroatoms. The van der Waals surface area contributed by atoms with Gasteiger partial charge in [-0.3, -0.25) is 4.90 Å². The molecular weight excluding hydrogens is 323 g/mol. The fourth-order valence-corrected chi connectivity index (χ4v) is 3.12. The molecule has 1 aliphatic rings. The number of likely N-dealkylation sites (tertiary alicyclic amines) is 1. The third-order valence-electron chi connectivity index (χ3n) is 4.21. The minimum absolute atomic E-state index is 0.209. The van der Waals surface area contributed by atoms with Crippen LogP contribution in [0.25, 0.3) is 0 Å². The SMILES string of the molecule is OCc1ccc(CN2CC(O)CC2c2cccc(C(F)(F)F)c2)o1. The van der Waals surface area contributed by atoms with E-state index in [1.54, 1.807) is 18.2 Å². The summed E-state index contributed by atoms with van der Waals surface area (Å²) in [6.45, 7) is 0.508. The summed E-state index contributed by atoms with van der Waals surface area (Å²) in [5, 5.41) is 19.0. The van der Waals surface area contributed by atoms with Crippen LogP contribution in [0.15, 0.2) is 40.8 Å². The van der Waals surface area contributed by atoms with Crippen molar-refractivity contribution >= 4 is 0 Å². The van der Waals surface area contributed by atoms with Gasteiger partial charge in [0.1, 0.15) is 18.1 Å². The Morgan fingerprint density at radius 3 is 2.58 bits per heavy atom. The molecule has 2 aromatic rings. The van der Waals surface area contributed by atoms with Crippen molar-refractivity contribution in [1.29, 1.82) is 0 Å². The molecule has 0 saturated carbocycles. The number of benzene rings is 1. The van der Waals surface area contributed by atoms with Crippen LogP contribution in [0.2, 0.25) is 0 Å². The van der Waals surface area contributed by atoms with E-state index in [1.165, 1.54) is 6.07 Å². The number of aliphatic hydroxyl groups is 2. The van der Waals surface area contributed by atoms with E-state index >= 15 is 0 Å². The van der Waals surface area contributed by atoms with E-state index in [9.17, 15) is 18.3 Å². The fraction of sp³-hybridized carbons (Fsp3) is 0.412. The summed E-state index contributed by atoms with van der Waals surface area (Å²) >= 11 is 0. The first-order valence-electron chi connectivity index (χ1n) is 7.64. The van der Waals surface area contributed by atoms with Crippen LogP contribution in [-0.4, -0.2) is 27.8 Å². The van der Waals surface area contributed by atoms with Crippen LogP contribution >= 0.6 is 0 Å². The molecule has 0 bridgehead atoms. The molecule has 0 radical (unpaired) electrons. The second kappa shape index (κ2) is 6.58. The topological polar surface area (TPSA) is 56.8 Å². The number of halogens is 3. The van der Waals surface area contributed by atoms with Crippen molar-refractivity contribution in [3.63, 3.8) is 0 Å². The molecule has 1 aliphatic heterocycles. The third kappa shape index (κ3) is 3.63. The number of aliphatic hydroxyl groups excluding tert-OH is 2. The van der Waals surface area contributed by atoms with E-state index in [-0.39, 0.29) is 12.6 Å². The molecule has 0 spiro atoms. The average molecular weight is 341 g/mol. The van der Waals surface area contributed by atoms with Gasteiger partial charge < -0.3 is 14.6 Å². The molecule has 0 aliphatic carbocycles. The number of nitrogens with zero attached hydrogens (tertiary/aromatic N) is 1. The Labute approximate surface area is 137 Å².